The Balaban J connectivity index is 2.55. The molecule has 0 aliphatic rings. The quantitative estimate of drug-likeness (QED) is 0.934. The van der Waals surface area contributed by atoms with Crippen molar-refractivity contribution in [2.45, 2.75) is 39.7 Å². The molecule has 0 unspecified atom stereocenters. The Labute approximate surface area is 116 Å². The molecule has 6 heteroatoms. The predicted molar refractivity (Wildman–Crippen MR) is 76.0 cm³/mol. The van der Waals surface area contributed by atoms with Crippen LogP contribution in [0.15, 0.2) is 11.4 Å². The fourth-order valence-electron chi connectivity index (χ4n) is 1.80. The third kappa shape index (κ3) is 2.84. The van der Waals surface area contributed by atoms with Gasteiger partial charge in [0.1, 0.15) is 0 Å². The van der Waals surface area contributed by atoms with Gasteiger partial charge in [0.05, 0.1) is 16.8 Å². The van der Waals surface area contributed by atoms with Crippen molar-refractivity contribution in [3.05, 3.63) is 22.8 Å². The number of aryl methyl sites for hydroxylation is 1. The van der Waals surface area contributed by atoms with Crippen molar-refractivity contribution in [1.29, 1.82) is 0 Å². The maximum absolute atomic E-state index is 11.0. The third-order valence-corrected chi connectivity index (χ3v) is 3.70. The van der Waals surface area contributed by atoms with Crippen LogP contribution in [0.3, 0.4) is 0 Å². The van der Waals surface area contributed by atoms with Gasteiger partial charge in [-0.2, -0.15) is 5.10 Å². The number of nitrogens with zero attached hydrogens (tertiary/aromatic N) is 3. The first-order valence-corrected chi connectivity index (χ1v) is 6.96. The first kappa shape index (κ1) is 13.7. The van der Waals surface area contributed by atoms with E-state index >= 15 is 0 Å². The zero-order chi connectivity index (χ0) is 14.2. The van der Waals surface area contributed by atoms with E-state index in [-0.39, 0.29) is 12.0 Å². The van der Waals surface area contributed by atoms with Crippen molar-refractivity contribution in [3.63, 3.8) is 0 Å². The molecular formula is C13H18N4OS. The lowest BCUT2D eigenvalue weighted by molar-refractivity contribution is -0.117. The molecule has 0 saturated carbocycles. The summed E-state index contributed by atoms with van der Waals surface area (Å²) in [7, 11) is 0. The van der Waals surface area contributed by atoms with E-state index < -0.39 is 5.91 Å². The van der Waals surface area contributed by atoms with Crippen molar-refractivity contribution in [1.82, 2.24) is 14.8 Å². The fraction of sp³-hybridized carbons (Fsp3) is 0.462. The summed E-state index contributed by atoms with van der Waals surface area (Å²) in [6.07, 6.45) is 0.0699. The molecule has 2 heterocycles. The van der Waals surface area contributed by atoms with E-state index in [4.69, 9.17) is 5.73 Å². The van der Waals surface area contributed by atoms with E-state index in [1.807, 2.05) is 17.0 Å². The number of carbonyl (C=O) groups is 1. The monoisotopic (exact) mass is 278 g/mol. The smallest absolute Gasteiger partial charge is 0.225 e. The van der Waals surface area contributed by atoms with Crippen LogP contribution in [0.1, 0.15) is 32.2 Å². The highest BCUT2D eigenvalue weighted by molar-refractivity contribution is 7.13. The van der Waals surface area contributed by atoms with E-state index in [0.29, 0.717) is 5.82 Å². The highest BCUT2D eigenvalue weighted by atomic mass is 32.1. The van der Waals surface area contributed by atoms with Crippen LogP contribution < -0.4 is 5.73 Å². The van der Waals surface area contributed by atoms with Gasteiger partial charge in [0, 0.05) is 0 Å². The summed E-state index contributed by atoms with van der Waals surface area (Å²) in [4.78, 5) is 16.6. The van der Waals surface area contributed by atoms with Crippen LogP contribution in [0.4, 0.5) is 0 Å². The highest BCUT2D eigenvalue weighted by Gasteiger charge is 2.23. The molecule has 0 fully saturated rings. The lowest BCUT2D eigenvalue weighted by atomic mass is 10.1. The summed E-state index contributed by atoms with van der Waals surface area (Å²) in [6, 6.07) is 2.05. The summed E-state index contributed by atoms with van der Waals surface area (Å²) in [5.74, 6) is 0.863. The molecule has 5 nitrogen and oxygen atoms in total. The van der Waals surface area contributed by atoms with Crippen LogP contribution in [0, 0.1) is 6.92 Å². The van der Waals surface area contributed by atoms with Crippen LogP contribution in [0.25, 0.3) is 10.7 Å². The number of rotatable bonds is 3. The molecule has 2 aromatic rings. The normalized spacial score (nSPS) is 11.8. The molecule has 2 N–H and O–H groups in total. The number of hydrogen-bond acceptors (Lipinski definition) is 4. The lowest BCUT2D eigenvalue weighted by Gasteiger charge is -2.21. The number of amides is 1. The number of aromatic nitrogens is 3. The molecule has 0 aliphatic heterocycles. The Morgan fingerprint density at radius 2 is 2.16 bits per heavy atom. The van der Waals surface area contributed by atoms with Crippen molar-refractivity contribution in [2.75, 3.05) is 0 Å². The molecule has 0 aliphatic carbocycles. The molecule has 102 valence electrons. The number of carbonyl (C=O) groups excluding carboxylic acids is 1. The van der Waals surface area contributed by atoms with Gasteiger partial charge in [-0.25, -0.2) is 9.67 Å². The average molecular weight is 278 g/mol. The fourth-order valence-corrected chi connectivity index (χ4v) is 2.70. The Morgan fingerprint density at radius 1 is 1.47 bits per heavy atom. The Hall–Kier alpha value is -1.69. The van der Waals surface area contributed by atoms with Crippen LogP contribution in [-0.4, -0.2) is 20.7 Å². The van der Waals surface area contributed by atoms with E-state index in [1.165, 1.54) is 0 Å². The van der Waals surface area contributed by atoms with Crippen molar-refractivity contribution in [2.24, 2.45) is 5.73 Å². The SMILES string of the molecule is Cc1ccsc1-c1nc(CC(N)=O)nn1C(C)(C)C. The molecule has 0 radical (unpaired) electrons. The second kappa shape index (κ2) is 4.77. The predicted octanol–water partition coefficient (Wildman–Crippen LogP) is 2.10. The molecule has 2 rings (SSSR count). The summed E-state index contributed by atoms with van der Waals surface area (Å²) in [5, 5.41) is 6.46. The average Bonchev–Trinajstić information content (AvgIpc) is 2.82. The van der Waals surface area contributed by atoms with Gasteiger partial charge in [-0.15, -0.1) is 11.3 Å². The van der Waals surface area contributed by atoms with Crippen LogP contribution in [0.5, 0.6) is 0 Å². The maximum Gasteiger partial charge on any atom is 0.225 e. The molecule has 0 spiro atoms. The zero-order valence-electron chi connectivity index (χ0n) is 11.6. The van der Waals surface area contributed by atoms with E-state index in [2.05, 4.69) is 36.9 Å². The number of thiophene rings is 1. The first-order chi connectivity index (χ1) is 8.79. The van der Waals surface area contributed by atoms with Crippen molar-refractivity contribution >= 4 is 17.2 Å². The Kier molecular flexibility index (Phi) is 3.45. The van der Waals surface area contributed by atoms with Crippen molar-refractivity contribution in [3.8, 4) is 10.7 Å². The topological polar surface area (TPSA) is 73.8 Å². The van der Waals surface area contributed by atoms with Gasteiger partial charge in [0.25, 0.3) is 0 Å². The minimum absolute atomic E-state index is 0.0699. The minimum Gasteiger partial charge on any atom is -0.369 e. The number of primary amides is 1. The van der Waals surface area contributed by atoms with Gasteiger partial charge in [-0.05, 0) is 44.7 Å². The summed E-state index contributed by atoms with van der Waals surface area (Å²) >= 11 is 1.63. The second-order valence-electron chi connectivity index (χ2n) is 5.51. The first-order valence-electron chi connectivity index (χ1n) is 6.08. The van der Waals surface area contributed by atoms with Gasteiger partial charge < -0.3 is 5.73 Å². The second-order valence-corrected chi connectivity index (χ2v) is 6.43. The molecule has 1 amide bonds. The van der Waals surface area contributed by atoms with Crippen LogP contribution in [0.2, 0.25) is 0 Å². The zero-order valence-corrected chi connectivity index (χ0v) is 12.4. The molecule has 19 heavy (non-hydrogen) atoms. The molecule has 0 atom stereocenters. The highest BCUT2D eigenvalue weighted by Crippen LogP contribution is 2.30. The number of hydrogen-bond donors (Lipinski definition) is 1. The Bertz CT molecular complexity index is 606. The van der Waals surface area contributed by atoms with Gasteiger partial charge in [0.15, 0.2) is 11.6 Å². The van der Waals surface area contributed by atoms with Gasteiger partial charge in [0.2, 0.25) is 5.91 Å². The number of nitrogens with two attached hydrogens (primary N) is 1. The van der Waals surface area contributed by atoms with Gasteiger partial charge in [-0.3, -0.25) is 4.79 Å². The van der Waals surface area contributed by atoms with Gasteiger partial charge in [-0.1, -0.05) is 0 Å². The summed E-state index contributed by atoms with van der Waals surface area (Å²) in [6.45, 7) is 8.22. The largest absolute Gasteiger partial charge is 0.369 e. The third-order valence-electron chi connectivity index (χ3n) is 2.68. The summed E-state index contributed by atoms with van der Waals surface area (Å²) in [5.41, 5.74) is 6.18. The van der Waals surface area contributed by atoms with Crippen LogP contribution in [-0.2, 0) is 16.8 Å². The Morgan fingerprint density at radius 3 is 2.63 bits per heavy atom. The van der Waals surface area contributed by atoms with Gasteiger partial charge >= 0.3 is 0 Å². The van der Waals surface area contributed by atoms with Crippen molar-refractivity contribution < 1.29 is 4.79 Å². The summed E-state index contributed by atoms with van der Waals surface area (Å²) < 4.78 is 1.87. The van der Waals surface area contributed by atoms with E-state index in [1.54, 1.807) is 11.3 Å². The standard InChI is InChI=1S/C13H18N4OS/c1-8-5-6-19-11(8)12-15-10(7-9(14)18)16-17(12)13(2,3)4/h5-6H,7H2,1-4H3,(H2,14,18). The molecule has 2 aromatic heterocycles. The maximum atomic E-state index is 11.0. The molecule has 0 aromatic carbocycles. The van der Waals surface area contributed by atoms with E-state index in [9.17, 15) is 4.79 Å². The molecule has 0 saturated heterocycles. The minimum atomic E-state index is -0.416. The molecule has 0 bridgehead atoms. The van der Waals surface area contributed by atoms with E-state index in [0.717, 1.165) is 16.3 Å². The lowest BCUT2D eigenvalue weighted by Crippen LogP contribution is -2.24. The van der Waals surface area contributed by atoms with Crippen LogP contribution >= 0.6 is 11.3 Å². The molecular weight excluding hydrogens is 260 g/mol.